The number of hydrogen-bond donors (Lipinski definition) is 2. The lowest BCUT2D eigenvalue weighted by Crippen LogP contribution is -2.46. The number of phenolic OH excluding ortho intramolecular Hbond substituents is 1. The van der Waals surface area contributed by atoms with E-state index >= 15 is 0 Å². The second-order valence-electron chi connectivity index (χ2n) is 5.57. The quantitative estimate of drug-likeness (QED) is 0.881. The Hall–Kier alpha value is -1.26. The largest absolute Gasteiger partial charge is 0.507 e. The molecule has 1 aromatic rings. The summed E-state index contributed by atoms with van der Waals surface area (Å²) in [6.45, 7) is 1.80. The molecule has 5 heteroatoms. The number of carbonyl (C=O) groups is 1. The van der Waals surface area contributed by atoms with E-state index in [0.717, 1.165) is 32.4 Å². The number of nitrogens with zero attached hydrogens (tertiary/aromatic N) is 1. The minimum Gasteiger partial charge on any atom is -0.507 e. The molecule has 0 aromatic heterocycles. The van der Waals surface area contributed by atoms with Crippen molar-refractivity contribution in [1.82, 2.24) is 10.2 Å². The number of amides is 1. The van der Waals surface area contributed by atoms with Crippen molar-refractivity contribution in [2.45, 2.75) is 37.8 Å². The summed E-state index contributed by atoms with van der Waals surface area (Å²) in [4.78, 5) is 14.5. The van der Waals surface area contributed by atoms with E-state index < -0.39 is 0 Å². The van der Waals surface area contributed by atoms with Crippen molar-refractivity contribution in [1.29, 1.82) is 0 Å². The van der Waals surface area contributed by atoms with Gasteiger partial charge in [-0.25, -0.2) is 0 Å². The van der Waals surface area contributed by atoms with Crippen LogP contribution < -0.4 is 5.32 Å². The molecule has 2 saturated heterocycles. The summed E-state index contributed by atoms with van der Waals surface area (Å²) in [6, 6.07) is 5.33. The first-order chi connectivity index (χ1) is 9.66. The first-order valence-electron chi connectivity index (χ1n) is 7.19. The van der Waals surface area contributed by atoms with Crippen molar-refractivity contribution in [3.63, 3.8) is 0 Å². The molecule has 2 N–H and O–H groups in total. The molecule has 3 rings (SSSR count). The average molecular weight is 295 g/mol. The van der Waals surface area contributed by atoms with Gasteiger partial charge in [-0.15, -0.1) is 0 Å². The van der Waals surface area contributed by atoms with E-state index in [9.17, 15) is 9.90 Å². The van der Waals surface area contributed by atoms with Crippen LogP contribution in [0.3, 0.4) is 0 Å². The van der Waals surface area contributed by atoms with Crippen LogP contribution in [0.15, 0.2) is 18.2 Å². The third-order valence-electron chi connectivity index (χ3n) is 4.31. The fourth-order valence-electron chi connectivity index (χ4n) is 3.34. The van der Waals surface area contributed by atoms with Gasteiger partial charge in [0.2, 0.25) is 0 Å². The molecule has 4 nitrogen and oxygen atoms in total. The first-order valence-corrected chi connectivity index (χ1v) is 7.57. The Morgan fingerprint density at radius 3 is 2.90 bits per heavy atom. The SMILES string of the molecule is O=C(c1ccc(Cl)cc1O)N1CCCC1C1CCCN1. The summed E-state index contributed by atoms with van der Waals surface area (Å²) in [5, 5.41) is 13.8. The average Bonchev–Trinajstić information content (AvgIpc) is 3.09. The molecule has 2 atom stereocenters. The van der Waals surface area contributed by atoms with Gasteiger partial charge < -0.3 is 15.3 Å². The Morgan fingerprint density at radius 1 is 1.35 bits per heavy atom. The smallest absolute Gasteiger partial charge is 0.257 e. The number of carbonyl (C=O) groups excluding carboxylic acids is 1. The maximum absolute atomic E-state index is 12.6. The zero-order chi connectivity index (χ0) is 14.1. The maximum Gasteiger partial charge on any atom is 0.257 e. The Bertz CT molecular complexity index is 515. The van der Waals surface area contributed by atoms with Gasteiger partial charge in [0.05, 0.1) is 5.56 Å². The summed E-state index contributed by atoms with van der Waals surface area (Å²) in [7, 11) is 0. The lowest BCUT2D eigenvalue weighted by molar-refractivity contribution is 0.0708. The van der Waals surface area contributed by atoms with Gasteiger partial charge in [0.1, 0.15) is 5.75 Å². The van der Waals surface area contributed by atoms with Crippen molar-refractivity contribution >= 4 is 17.5 Å². The van der Waals surface area contributed by atoms with E-state index in [-0.39, 0.29) is 17.7 Å². The molecule has 2 fully saturated rings. The van der Waals surface area contributed by atoms with E-state index in [0.29, 0.717) is 16.6 Å². The van der Waals surface area contributed by atoms with Gasteiger partial charge in [-0.3, -0.25) is 4.79 Å². The standard InChI is InChI=1S/C15H19ClN2O2/c16-10-5-6-11(14(19)9-10)15(20)18-8-2-4-13(18)12-3-1-7-17-12/h5-6,9,12-13,17,19H,1-4,7-8H2. The molecule has 1 aromatic carbocycles. The molecule has 1 amide bonds. The fourth-order valence-corrected chi connectivity index (χ4v) is 3.51. The van der Waals surface area contributed by atoms with Gasteiger partial charge in [0, 0.05) is 23.7 Å². The number of likely N-dealkylation sites (tertiary alicyclic amines) is 1. The molecule has 0 bridgehead atoms. The van der Waals surface area contributed by atoms with Gasteiger partial charge in [-0.1, -0.05) is 11.6 Å². The zero-order valence-electron chi connectivity index (χ0n) is 11.3. The summed E-state index contributed by atoms with van der Waals surface area (Å²) in [5.74, 6) is -0.122. The minimum atomic E-state index is -0.0876. The second kappa shape index (κ2) is 5.62. The molecular weight excluding hydrogens is 276 g/mol. The molecule has 2 unspecified atom stereocenters. The fraction of sp³-hybridized carbons (Fsp3) is 0.533. The summed E-state index contributed by atoms with van der Waals surface area (Å²) in [5.41, 5.74) is 0.347. The van der Waals surface area contributed by atoms with Crippen LogP contribution in [0.5, 0.6) is 5.75 Å². The molecule has 20 heavy (non-hydrogen) atoms. The number of halogens is 1. The van der Waals surface area contributed by atoms with Crippen molar-refractivity contribution in [2.75, 3.05) is 13.1 Å². The van der Waals surface area contributed by atoms with Crippen molar-refractivity contribution in [3.8, 4) is 5.75 Å². The Morgan fingerprint density at radius 2 is 2.20 bits per heavy atom. The molecule has 2 aliphatic rings. The Kier molecular flexibility index (Phi) is 3.85. The third-order valence-corrected chi connectivity index (χ3v) is 4.55. The Balaban J connectivity index is 1.81. The number of benzene rings is 1. The highest BCUT2D eigenvalue weighted by molar-refractivity contribution is 6.30. The molecule has 2 aliphatic heterocycles. The van der Waals surface area contributed by atoms with Gasteiger partial charge in [0.15, 0.2) is 0 Å². The van der Waals surface area contributed by atoms with E-state index in [1.54, 1.807) is 12.1 Å². The lowest BCUT2D eigenvalue weighted by atomic mass is 10.0. The van der Waals surface area contributed by atoms with Gasteiger partial charge in [-0.2, -0.15) is 0 Å². The summed E-state index contributed by atoms with van der Waals surface area (Å²) in [6.07, 6.45) is 4.37. The van der Waals surface area contributed by atoms with E-state index in [4.69, 9.17) is 11.6 Å². The maximum atomic E-state index is 12.6. The number of phenols is 1. The van der Waals surface area contributed by atoms with Crippen molar-refractivity contribution in [2.24, 2.45) is 0 Å². The van der Waals surface area contributed by atoms with Gasteiger partial charge in [0.25, 0.3) is 5.91 Å². The lowest BCUT2D eigenvalue weighted by Gasteiger charge is -2.29. The monoisotopic (exact) mass is 294 g/mol. The minimum absolute atomic E-state index is 0.0347. The van der Waals surface area contributed by atoms with Gasteiger partial charge >= 0.3 is 0 Å². The highest BCUT2D eigenvalue weighted by Crippen LogP contribution is 2.29. The van der Waals surface area contributed by atoms with Crippen LogP contribution in [-0.4, -0.2) is 41.1 Å². The molecule has 0 aliphatic carbocycles. The summed E-state index contributed by atoms with van der Waals surface area (Å²) >= 11 is 5.82. The number of hydrogen-bond acceptors (Lipinski definition) is 3. The van der Waals surface area contributed by atoms with Crippen LogP contribution in [0.2, 0.25) is 5.02 Å². The molecule has 2 heterocycles. The predicted molar refractivity (Wildman–Crippen MR) is 78.2 cm³/mol. The molecule has 0 radical (unpaired) electrons. The molecule has 0 spiro atoms. The predicted octanol–water partition coefficient (Wildman–Crippen LogP) is 2.40. The van der Waals surface area contributed by atoms with Crippen molar-refractivity contribution < 1.29 is 9.90 Å². The van der Waals surface area contributed by atoms with Crippen LogP contribution in [0.4, 0.5) is 0 Å². The topological polar surface area (TPSA) is 52.6 Å². The first kappa shape index (κ1) is 13.7. The summed E-state index contributed by atoms with van der Waals surface area (Å²) < 4.78 is 0. The normalized spacial score (nSPS) is 26.1. The zero-order valence-corrected chi connectivity index (χ0v) is 12.1. The van der Waals surface area contributed by atoms with Crippen LogP contribution in [0.25, 0.3) is 0 Å². The van der Waals surface area contributed by atoms with Gasteiger partial charge in [-0.05, 0) is 50.4 Å². The van der Waals surface area contributed by atoms with E-state index in [2.05, 4.69) is 5.32 Å². The molecule has 108 valence electrons. The van der Waals surface area contributed by atoms with E-state index in [1.807, 2.05) is 4.90 Å². The highest BCUT2D eigenvalue weighted by atomic mass is 35.5. The van der Waals surface area contributed by atoms with Crippen LogP contribution in [0, 0.1) is 0 Å². The van der Waals surface area contributed by atoms with Crippen LogP contribution in [0.1, 0.15) is 36.0 Å². The third kappa shape index (κ3) is 2.50. The second-order valence-corrected chi connectivity index (χ2v) is 6.01. The Labute approximate surface area is 123 Å². The molecular formula is C15H19ClN2O2. The van der Waals surface area contributed by atoms with Crippen LogP contribution in [-0.2, 0) is 0 Å². The number of rotatable bonds is 2. The highest BCUT2D eigenvalue weighted by Gasteiger charge is 2.36. The van der Waals surface area contributed by atoms with Crippen LogP contribution >= 0.6 is 11.6 Å². The molecule has 0 saturated carbocycles. The number of aromatic hydroxyl groups is 1. The number of nitrogens with one attached hydrogen (secondary N) is 1. The van der Waals surface area contributed by atoms with Crippen molar-refractivity contribution in [3.05, 3.63) is 28.8 Å². The van der Waals surface area contributed by atoms with E-state index in [1.165, 1.54) is 12.5 Å².